The molecule has 3 N–H and O–H groups in total. The molecule has 30 heteroatoms. The minimum absolute atomic E-state index is 0.0274. The summed E-state index contributed by atoms with van der Waals surface area (Å²) in [6, 6.07) is 25.0. The second-order valence-corrected chi connectivity index (χ2v) is 12.1. The third kappa shape index (κ3) is 11.3. The van der Waals surface area contributed by atoms with E-state index in [1.54, 1.807) is 55.5 Å². The summed E-state index contributed by atoms with van der Waals surface area (Å²) >= 11 is 0. The summed E-state index contributed by atoms with van der Waals surface area (Å²) in [6.45, 7) is 1.70. The summed E-state index contributed by atoms with van der Waals surface area (Å²) < 4.78 is 0. The Morgan fingerprint density at radius 1 is 0.418 bits per heavy atom. The molecule has 67 heavy (non-hydrogen) atoms. The molecule has 0 amide bonds. The molecule has 0 radical (unpaired) electrons. The van der Waals surface area contributed by atoms with Crippen molar-refractivity contribution in [3.63, 3.8) is 0 Å². The van der Waals surface area contributed by atoms with Gasteiger partial charge < -0.3 is 15.3 Å². The lowest BCUT2D eigenvalue weighted by Crippen LogP contribution is -2.58. The fraction of sp³-hybridized carbons (Fsp3) is 0.0541. The zero-order valence-electron chi connectivity index (χ0n) is 33.2. The molecule has 0 saturated carbocycles. The number of benzene rings is 4. The molecular weight excluding hydrogens is 893 g/mol. The van der Waals surface area contributed by atoms with Crippen LogP contribution in [-0.2, 0) is 44.3 Å². The molecule has 30 nitrogen and oxygen atoms in total. The van der Waals surface area contributed by atoms with Crippen LogP contribution >= 0.6 is 0 Å². The third-order valence-electron chi connectivity index (χ3n) is 8.08. The van der Waals surface area contributed by atoms with Crippen molar-refractivity contribution in [2.24, 2.45) is 0 Å². The number of carbonyl (C=O) groups is 3. The van der Waals surface area contributed by atoms with Crippen LogP contribution in [0.15, 0.2) is 97.1 Å². The number of carboxylic acids is 3. The lowest BCUT2D eigenvalue weighted by Gasteiger charge is -2.26. The maximum Gasteiger partial charge on any atom is 0.424 e. The largest absolute Gasteiger partial charge is 0.478 e. The van der Waals surface area contributed by atoms with Crippen LogP contribution in [0.4, 0.5) is 0 Å². The van der Waals surface area contributed by atoms with Crippen LogP contribution in [-0.4, -0.2) is 139 Å². The number of carboxylic acid groups (broad SMARTS) is 3. The van der Waals surface area contributed by atoms with Crippen molar-refractivity contribution in [3.05, 3.63) is 119 Å². The maximum atomic E-state index is 11.9. The smallest absolute Gasteiger partial charge is 0.424 e. The summed E-state index contributed by atoms with van der Waals surface area (Å²) in [5.74, 6) is -5.98. The van der Waals surface area contributed by atoms with Gasteiger partial charge in [0.1, 0.15) is 0 Å². The van der Waals surface area contributed by atoms with E-state index in [1.165, 1.54) is 48.5 Å². The highest BCUT2D eigenvalue weighted by Crippen LogP contribution is 2.26. The molecule has 4 aromatic carbocycles. The van der Waals surface area contributed by atoms with Crippen molar-refractivity contribution in [2.45, 2.75) is 12.8 Å². The summed E-state index contributed by atoms with van der Waals surface area (Å²) in [7, 11) is 0. The van der Waals surface area contributed by atoms with E-state index in [9.17, 15) is 29.7 Å². The Hall–Kier alpha value is -10.9. The Balaban J connectivity index is 0.000000741. The van der Waals surface area contributed by atoms with E-state index in [4.69, 9.17) is 38.4 Å². The number of hydrogen-bond acceptors (Lipinski definition) is 23. The quantitative estimate of drug-likeness (QED) is 0.148. The summed E-state index contributed by atoms with van der Waals surface area (Å²) in [6.07, 6.45) is 1.00. The van der Waals surface area contributed by atoms with E-state index in [0.717, 1.165) is 19.2 Å². The number of hydrogen-bond donors (Lipinski definition) is 3. The molecule has 0 aliphatic carbocycles. The number of aryl methyl sites for hydroxylation is 1. The van der Waals surface area contributed by atoms with Gasteiger partial charge in [0, 0.05) is 22.3 Å². The molecule has 0 spiro atoms. The molecule has 0 bridgehead atoms. The van der Waals surface area contributed by atoms with Crippen LogP contribution in [0.25, 0.3) is 45.6 Å². The molecule has 0 saturated heterocycles. The number of carbonyl (C=O) groups excluding carboxylic acids is 8. The number of aromatic nitrogens is 16. The standard InChI is InChI=1S/C33H22N16O6.4CO2/c1-18-13-24(17-25(14-18)32(54)55)29-37-45-49(41-29)33(46-38-26(34-42-46)19-7-3-2-4-8-19,47-39-27(35-43-47)20-9-5-11-22(15-20)30(50)51)48-40-28(36-44-48)21-10-6-12-23(16-21)31(52)53;4*2-1-3/h2-17H,1H3,(H,50,51)(H,52,53)(H,54,55);;;;. The van der Waals surface area contributed by atoms with Gasteiger partial charge in [0.05, 0.1) is 16.7 Å². The Morgan fingerprint density at radius 2 is 0.731 bits per heavy atom. The third-order valence-corrected chi connectivity index (χ3v) is 8.08. The Morgan fingerprint density at radius 3 is 1.09 bits per heavy atom. The highest BCUT2D eigenvalue weighted by Gasteiger charge is 2.51. The predicted octanol–water partition coefficient (Wildman–Crippen LogP) is -0.418. The summed E-state index contributed by atoms with van der Waals surface area (Å²) in [4.78, 5) is 104. The van der Waals surface area contributed by atoms with Gasteiger partial charge in [-0.05, 0) is 75.8 Å². The van der Waals surface area contributed by atoms with Gasteiger partial charge >= 0.3 is 48.4 Å². The van der Waals surface area contributed by atoms with Gasteiger partial charge in [-0.1, -0.05) is 73.8 Å². The average Bonchev–Trinajstić information content (AvgIpc) is 4.18. The normalized spacial score (nSPS) is 9.87. The molecule has 0 aliphatic rings. The Bertz CT molecular complexity index is 3030. The zero-order valence-corrected chi connectivity index (χ0v) is 33.2. The molecule has 8 rings (SSSR count). The van der Waals surface area contributed by atoms with Crippen molar-refractivity contribution in [1.82, 2.24) is 80.8 Å². The number of rotatable bonds is 11. The van der Waals surface area contributed by atoms with Crippen LogP contribution in [0.3, 0.4) is 0 Å². The van der Waals surface area contributed by atoms with Crippen molar-refractivity contribution in [1.29, 1.82) is 0 Å². The average molecular weight is 915 g/mol. The molecule has 0 aliphatic heterocycles. The van der Waals surface area contributed by atoms with E-state index in [-0.39, 0.29) is 81.3 Å². The lowest BCUT2D eigenvalue weighted by atomic mass is 10.1. The first kappa shape index (κ1) is 48.8. The summed E-state index contributed by atoms with van der Waals surface area (Å²) in [5.41, 5.74) is 1.86. The van der Waals surface area contributed by atoms with Crippen molar-refractivity contribution in [2.75, 3.05) is 0 Å². The molecule has 0 fully saturated rings. The van der Waals surface area contributed by atoms with Gasteiger partial charge in [-0.2, -0.15) is 38.4 Å². The first-order valence-electron chi connectivity index (χ1n) is 17.5. The molecule has 4 heterocycles. The van der Waals surface area contributed by atoms with Crippen LogP contribution in [0.2, 0.25) is 0 Å². The SMILES string of the molecule is Cc1cc(C(=O)O)cc(-c2nnn(C(n3nnc(-c4ccccc4)n3)(n3nnc(-c4cccc(C(=O)O)c4)n3)n3nnc(-c4cccc(C(=O)O)c4)n3)n2)c1.O=C=O.O=C=O.O=C=O.O=C=O. The van der Waals surface area contributed by atoms with Crippen molar-refractivity contribution in [3.8, 4) is 45.6 Å². The highest BCUT2D eigenvalue weighted by atomic mass is 16.4. The minimum Gasteiger partial charge on any atom is -0.478 e. The monoisotopic (exact) mass is 914 g/mol. The number of aromatic carboxylic acids is 3. The van der Waals surface area contributed by atoms with E-state index < -0.39 is 23.8 Å². The van der Waals surface area contributed by atoms with Crippen molar-refractivity contribution < 1.29 is 68.1 Å². The van der Waals surface area contributed by atoms with Crippen LogP contribution < -0.4 is 0 Å². The molecule has 0 atom stereocenters. The zero-order chi connectivity index (χ0) is 49.1. The number of tetrazole rings is 4. The van der Waals surface area contributed by atoms with Crippen LogP contribution in [0, 0.1) is 6.92 Å². The summed E-state index contributed by atoms with van der Waals surface area (Å²) in [5, 5.41) is 81.4. The van der Waals surface area contributed by atoms with Crippen molar-refractivity contribution >= 4 is 42.5 Å². The van der Waals surface area contributed by atoms with E-state index in [0.29, 0.717) is 11.1 Å². The molecule has 4 aromatic heterocycles. The van der Waals surface area contributed by atoms with E-state index >= 15 is 0 Å². The fourth-order valence-electron chi connectivity index (χ4n) is 5.51. The minimum atomic E-state index is -2.39. The topological polar surface area (TPSA) is 423 Å². The molecular formula is C37H22N16O14. The maximum absolute atomic E-state index is 11.9. The van der Waals surface area contributed by atoms with Gasteiger partial charge in [-0.25, -0.2) is 14.4 Å². The Kier molecular flexibility index (Phi) is 16.6. The highest BCUT2D eigenvalue weighted by molar-refractivity contribution is 5.90. The predicted molar refractivity (Wildman–Crippen MR) is 203 cm³/mol. The second-order valence-electron chi connectivity index (χ2n) is 12.1. The second kappa shape index (κ2) is 22.8. The first-order chi connectivity index (χ1) is 32.3. The van der Waals surface area contributed by atoms with Gasteiger partial charge in [-0.3, -0.25) is 0 Å². The van der Waals surface area contributed by atoms with E-state index in [2.05, 4.69) is 61.6 Å². The van der Waals surface area contributed by atoms with Crippen LogP contribution in [0.5, 0.6) is 0 Å². The van der Waals surface area contributed by atoms with Crippen LogP contribution in [0.1, 0.15) is 36.6 Å². The van der Waals surface area contributed by atoms with Gasteiger partial charge in [-0.15, -0.1) is 40.8 Å². The van der Waals surface area contributed by atoms with Gasteiger partial charge in [0.15, 0.2) is 0 Å². The first-order valence-corrected chi connectivity index (χ1v) is 17.5. The molecule has 334 valence electrons. The van der Waals surface area contributed by atoms with E-state index in [1.807, 2.05) is 0 Å². The molecule has 8 aromatic rings. The molecule has 0 unspecified atom stereocenters. The Labute approximate surface area is 368 Å². The lowest BCUT2D eigenvalue weighted by molar-refractivity contribution is -0.193. The fourth-order valence-corrected chi connectivity index (χ4v) is 5.51. The number of nitrogens with zero attached hydrogens (tertiary/aromatic N) is 16. The van der Waals surface area contributed by atoms with Gasteiger partial charge in [0.2, 0.25) is 23.3 Å². The van der Waals surface area contributed by atoms with Gasteiger partial charge in [0.25, 0.3) is 0 Å².